The molecule has 0 aliphatic carbocycles. The lowest BCUT2D eigenvalue weighted by atomic mass is 10.2. The molecule has 1 aromatic carbocycles. The van der Waals surface area contributed by atoms with Crippen LogP contribution in [0.4, 0.5) is 8.78 Å². The highest BCUT2D eigenvalue weighted by atomic mass is 19.2. The van der Waals surface area contributed by atoms with Gasteiger partial charge in [0.05, 0.1) is 5.29 Å². The lowest BCUT2D eigenvalue weighted by molar-refractivity contribution is 0.508. The van der Waals surface area contributed by atoms with Crippen LogP contribution in [0.25, 0.3) is 0 Å². The third-order valence-corrected chi connectivity index (χ3v) is 1.37. The Balaban J connectivity index is 2.96. The van der Waals surface area contributed by atoms with Gasteiger partial charge < -0.3 is 0 Å². The van der Waals surface area contributed by atoms with Crippen LogP contribution in [0.1, 0.15) is 5.56 Å². The second-order valence-electron chi connectivity index (χ2n) is 2.21. The van der Waals surface area contributed by atoms with Crippen molar-refractivity contribution in [2.24, 2.45) is 5.29 Å². The molecule has 0 aliphatic heterocycles. The van der Waals surface area contributed by atoms with E-state index < -0.39 is 11.6 Å². The zero-order valence-corrected chi connectivity index (χ0v) is 6.34. The summed E-state index contributed by atoms with van der Waals surface area (Å²) in [6.07, 6.45) is 0. The van der Waals surface area contributed by atoms with Crippen molar-refractivity contribution in [3.05, 3.63) is 40.3 Å². The van der Waals surface area contributed by atoms with Crippen molar-refractivity contribution in [1.29, 1.82) is 5.41 Å². The molecule has 68 valence electrons. The van der Waals surface area contributed by atoms with Gasteiger partial charge in [0.15, 0.2) is 11.6 Å². The monoisotopic (exact) mass is 185 g/mol. The minimum absolute atomic E-state index is 0.0542. The normalized spacial score (nSPS) is 9.38. The fourth-order valence-corrected chi connectivity index (χ4v) is 0.762. The van der Waals surface area contributed by atoms with Crippen LogP contribution in [0, 0.1) is 22.0 Å². The first kappa shape index (κ1) is 9.24. The zero-order chi connectivity index (χ0) is 9.84. The fourth-order valence-electron chi connectivity index (χ4n) is 0.762. The van der Waals surface area contributed by atoms with Gasteiger partial charge in [-0.05, 0) is 18.2 Å². The van der Waals surface area contributed by atoms with Crippen molar-refractivity contribution in [1.82, 2.24) is 5.43 Å². The summed E-state index contributed by atoms with van der Waals surface area (Å²) in [6, 6.07) is 2.83. The Morgan fingerprint density at radius 2 is 2.08 bits per heavy atom. The number of nitroso groups, excluding NO2 is 1. The van der Waals surface area contributed by atoms with Crippen LogP contribution in [0.15, 0.2) is 23.5 Å². The van der Waals surface area contributed by atoms with Crippen LogP contribution >= 0.6 is 0 Å². The zero-order valence-electron chi connectivity index (χ0n) is 6.34. The Kier molecular flexibility index (Phi) is 2.63. The quantitative estimate of drug-likeness (QED) is 0.318. The van der Waals surface area contributed by atoms with Gasteiger partial charge in [-0.25, -0.2) is 14.2 Å². The number of rotatable bonds is 2. The Bertz CT molecular complexity index is 354. The van der Waals surface area contributed by atoms with E-state index in [1.807, 2.05) is 0 Å². The number of amidine groups is 1. The largest absolute Gasteiger partial charge is 0.283 e. The van der Waals surface area contributed by atoms with Crippen molar-refractivity contribution in [3.63, 3.8) is 0 Å². The molecule has 0 fully saturated rings. The SMILES string of the molecule is N=C(NN=O)c1ccc(F)c(F)c1. The second-order valence-corrected chi connectivity index (χ2v) is 2.21. The van der Waals surface area contributed by atoms with Crippen LogP contribution in [-0.2, 0) is 0 Å². The van der Waals surface area contributed by atoms with Crippen molar-refractivity contribution in [2.45, 2.75) is 0 Å². The average Bonchev–Trinajstić information content (AvgIpc) is 2.10. The molecule has 2 N–H and O–H groups in total. The van der Waals surface area contributed by atoms with Crippen LogP contribution in [0.2, 0.25) is 0 Å². The Morgan fingerprint density at radius 3 is 2.62 bits per heavy atom. The molecule has 0 heterocycles. The van der Waals surface area contributed by atoms with E-state index >= 15 is 0 Å². The maximum atomic E-state index is 12.6. The van der Waals surface area contributed by atoms with E-state index in [0.29, 0.717) is 0 Å². The van der Waals surface area contributed by atoms with Crippen LogP contribution in [0.5, 0.6) is 0 Å². The molecule has 13 heavy (non-hydrogen) atoms. The van der Waals surface area contributed by atoms with E-state index in [-0.39, 0.29) is 11.4 Å². The number of hydrogen-bond acceptors (Lipinski definition) is 3. The molecule has 6 heteroatoms. The molecule has 0 bridgehead atoms. The van der Waals surface area contributed by atoms with Gasteiger partial charge in [-0.2, -0.15) is 0 Å². The minimum Gasteiger partial charge on any atom is -0.283 e. The van der Waals surface area contributed by atoms with Gasteiger partial charge >= 0.3 is 0 Å². The molecule has 0 saturated carbocycles. The van der Waals surface area contributed by atoms with Crippen molar-refractivity contribution in [2.75, 3.05) is 0 Å². The van der Waals surface area contributed by atoms with Gasteiger partial charge in [-0.15, -0.1) is 4.91 Å². The highest BCUT2D eigenvalue weighted by molar-refractivity contribution is 5.95. The van der Waals surface area contributed by atoms with Gasteiger partial charge in [0, 0.05) is 5.56 Å². The van der Waals surface area contributed by atoms with Gasteiger partial charge in [0.25, 0.3) is 0 Å². The van der Waals surface area contributed by atoms with E-state index in [1.54, 1.807) is 5.43 Å². The van der Waals surface area contributed by atoms with Crippen molar-refractivity contribution >= 4 is 5.84 Å². The number of halogens is 2. The summed E-state index contributed by atoms with van der Waals surface area (Å²) < 4.78 is 25.0. The first-order chi connectivity index (χ1) is 6.15. The summed E-state index contributed by atoms with van der Waals surface area (Å²) in [7, 11) is 0. The molecule has 4 nitrogen and oxygen atoms in total. The van der Waals surface area contributed by atoms with Gasteiger partial charge in [0.2, 0.25) is 0 Å². The lowest BCUT2D eigenvalue weighted by Crippen LogP contribution is -2.16. The maximum absolute atomic E-state index is 12.6. The molecule has 0 unspecified atom stereocenters. The summed E-state index contributed by atoms with van der Waals surface area (Å²) in [5.41, 5.74) is 1.83. The minimum atomic E-state index is -1.07. The van der Waals surface area contributed by atoms with Crippen LogP contribution < -0.4 is 5.43 Å². The molecule has 0 aromatic heterocycles. The van der Waals surface area contributed by atoms with Gasteiger partial charge in [-0.3, -0.25) is 5.41 Å². The van der Waals surface area contributed by atoms with Crippen molar-refractivity contribution in [3.8, 4) is 0 Å². The smallest absolute Gasteiger partial charge is 0.159 e. The number of benzene rings is 1. The van der Waals surface area contributed by atoms with Crippen LogP contribution in [-0.4, -0.2) is 5.84 Å². The van der Waals surface area contributed by atoms with E-state index in [1.165, 1.54) is 6.07 Å². The van der Waals surface area contributed by atoms with Crippen molar-refractivity contribution < 1.29 is 8.78 Å². The molecule has 0 spiro atoms. The van der Waals surface area contributed by atoms with E-state index in [2.05, 4.69) is 5.29 Å². The third kappa shape index (κ3) is 2.05. The van der Waals surface area contributed by atoms with Crippen LogP contribution in [0.3, 0.4) is 0 Å². The molecule has 0 saturated heterocycles. The lowest BCUT2D eigenvalue weighted by Gasteiger charge is -2.00. The molecule has 1 rings (SSSR count). The summed E-state index contributed by atoms with van der Waals surface area (Å²) in [6.45, 7) is 0. The molecular formula is C7H5F2N3O. The Hall–Kier alpha value is -1.85. The molecule has 0 amide bonds. The average molecular weight is 185 g/mol. The highest BCUT2D eigenvalue weighted by Gasteiger charge is 2.05. The van der Waals surface area contributed by atoms with E-state index in [0.717, 1.165) is 12.1 Å². The maximum Gasteiger partial charge on any atom is 0.159 e. The summed E-state index contributed by atoms with van der Waals surface area (Å²) in [5, 5.41) is 9.33. The topological polar surface area (TPSA) is 65.3 Å². The van der Waals surface area contributed by atoms with Gasteiger partial charge in [0.1, 0.15) is 5.84 Å². The summed E-state index contributed by atoms with van der Waals surface area (Å²) in [5.74, 6) is -2.46. The standard InChI is InChI=1S/C7H5F2N3O/c8-5-2-1-4(3-6(5)9)7(10)11-12-13/h1-3H,(H2,10,11,13). The molecule has 1 aromatic rings. The predicted molar refractivity (Wildman–Crippen MR) is 42.1 cm³/mol. The first-order valence-corrected chi connectivity index (χ1v) is 3.27. The van der Waals surface area contributed by atoms with Gasteiger partial charge in [-0.1, -0.05) is 0 Å². The second kappa shape index (κ2) is 3.70. The predicted octanol–water partition coefficient (Wildman–Crippen LogP) is 1.56. The highest BCUT2D eigenvalue weighted by Crippen LogP contribution is 2.08. The number of nitrogens with one attached hydrogen (secondary N) is 2. The summed E-state index contributed by atoms with van der Waals surface area (Å²) >= 11 is 0. The third-order valence-electron chi connectivity index (χ3n) is 1.37. The summed E-state index contributed by atoms with van der Waals surface area (Å²) in [4.78, 5) is 9.67. The van der Waals surface area contributed by atoms with E-state index in [9.17, 15) is 13.7 Å². The fraction of sp³-hybridized carbons (Fsp3) is 0. The number of hydrogen-bond donors (Lipinski definition) is 2. The molecular weight excluding hydrogens is 180 g/mol. The Labute approximate surface area is 72.0 Å². The molecule has 0 aliphatic rings. The molecule has 0 radical (unpaired) electrons. The molecule has 0 atom stereocenters. The number of nitrogens with zero attached hydrogens (tertiary/aromatic N) is 1. The van der Waals surface area contributed by atoms with E-state index in [4.69, 9.17) is 5.41 Å². The Morgan fingerprint density at radius 1 is 1.38 bits per heavy atom. The first-order valence-electron chi connectivity index (χ1n) is 3.27.